The Hall–Kier alpha value is -0.660. The molecule has 1 atom stereocenters. The lowest BCUT2D eigenvalue weighted by molar-refractivity contribution is -0.149. The van der Waals surface area contributed by atoms with E-state index in [2.05, 4.69) is 4.72 Å². The summed E-state index contributed by atoms with van der Waals surface area (Å²) < 4.78 is 33.0. The molecule has 0 amide bonds. The second kappa shape index (κ2) is 5.54. The summed E-state index contributed by atoms with van der Waals surface area (Å²) >= 11 is 0. The van der Waals surface area contributed by atoms with Gasteiger partial charge in [-0.2, -0.15) is 17.4 Å². The van der Waals surface area contributed by atoms with Crippen LogP contribution in [0.2, 0.25) is 0 Å². The van der Waals surface area contributed by atoms with Crippen molar-refractivity contribution >= 4 is 16.2 Å². The first-order valence-electron chi connectivity index (χ1n) is 6.47. The molecule has 1 saturated carbocycles. The van der Waals surface area contributed by atoms with Crippen LogP contribution in [-0.4, -0.2) is 44.4 Å². The Morgan fingerprint density at radius 3 is 2.72 bits per heavy atom. The van der Waals surface area contributed by atoms with E-state index in [1.165, 1.54) is 4.31 Å². The summed E-state index contributed by atoms with van der Waals surface area (Å²) in [4.78, 5) is 11.6. The van der Waals surface area contributed by atoms with Gasteiger partial charge >= 0.3 is 5.97 Å². The van der Waals surface area contributed by atoms with Gasteiger partial charge in [0.15, 0.2) is 0 Å². The first-order valence-corrected chi connectivity index (χ1v) is 7.91. The minimum Gasteiger partial charge on any atom is -0.466 e. The molecule has 1 saturated heterocycles. The summed E-state index contributed by atoms with van der Waals surface area (Å²) in [6.45, 7) is 2.81. The van der Waals surface area contributed by atoms with Crippen LogP contribution in [0.15, 0.2) is 0 Å². The van der Waals surface area contributed by atoms with Crippen LogP contribution in [0.3, 0.4) is 0 Å². The Bertz CT molecular complexity index is 405. The third-order valence-electron chi connectivity index (χ3n) is 3.24. The van der Waals surface area contributed by atoms with Gasteiger partial charge in [-0.05, 0) is 32.6 Å². The summed E-state index contributed by atoms with van der Waals surface area (Å²) in [5, 5.41) is 0. The second-order valence-corrected chi connectivity index (χ2v) is 6.55. The fraction of sp³-hybridized carbons (Fsp3) is 0.909. The van der Waals surface area contributed by atoms with Crippen LogP contribution in [-0.2, 0) is 19.7 Å². The lowest BCUT2D eigenvalue weighted by Gasteiger charge is -2.30. The third kappa shape index (κ3) is 3.43. The Balaban J connectivity index is 1.94. The molecule has 0 bridgehead atoms. The SMILES string of the molecule is CCOC(=O)[C@H]1CCCN(S(=O)(=O)NC2CC2)C1. The van der Waals surface area contributed by atoms with Crippen molar-refractivity contribution in [1.82, 2.24) is 9.03 Å². The second-order valence-electron chi connectivity index (χ2n) is 4.85. The number of nitrogens with zero attached hydrogens (tertiary/aromatic N) is 1. The molecule has 104 valence electrons. The number of piperidine rings is 1. The minimum atomic E-state index is -3.43. The van der Waals surface area contributed by atoms with Gasteiger partial charge in [-0.1, -0.05) is 0 Å². The number of hydrogen-bond donors (Lipinski definition) is 1. The number of nitrogens with one attached hydrogen (secondary N) is 1. The zero-order valence-electron chi connectivity index (χ0n) is 10.6. The Kier molecular flexibility index (Phi) is 4.24. The lowest BCUT2D eigenvalue weighted by atomic mass is 10.0. The first-order chi connectivity index (χ1) is 8.53. The molecule has 1 N–H and O–H groups in total. The van der Waals surface area contributed by atoms with E-state index in [4.69, 9.17) is 4.74 Å². The Labute approximate surface area is 108 Å². The summed E-state index contributed by atoms with van der Waals surface area (Å²) in [7, 11) is -3.43. The number of carbonyl (C=O) groups excluding carboxylic acids is 1. The van der Waals surface area contributed by atoms with E-state index in [-0.39, 0.29) is 24.5 Å². The van der Waals surface area contributed by atoms with Crippen LogP contribution in [0.25, 0.3) is 0 Å². The molecule has 0 aromatic heterocycles. The molecule has 7 heteroatoms. The van der Waals surface area contributed by atoms with Gasteiger partial charge in [0.2, 0.25) is 0 Å². The molecule has 2 aliphatic rings. The zero-order chi connectivity index (χ0) is 13.2. The smallest absolute Gasteiger partial charge is 0.310 e. The van der Waals surface area contributed by atoms with E-state index in [9.17, 15) is 13.2 Å². The Morgan fingerprint density at radius 1 is 1.39 bits per heavy atom. The maximum atomic E-state index is 12.0. The van der Waals surface area contributed by atoms with Gasteiger partial charge in [-0.15, -0.1) is 0 Å². The lowest BCUT2D eigenvalue weighted by Crippen LogP contribution is -2.48. The van der Waals surface area contributed by atoms with E-state index in [0.717, 1.165) is 12.8 Å². The maximum absolute atomic E-state index is 12.0. The summed E-state index contributed by atoms with van der Waals surface area (Å²) in [5.74, 6) is -0.613. The summed E-state index contributed by atoms with van der Waals surface area (Å²) in [6.07, 6.45) is 3.23. The highest BCUT2D eigenvalue weighted by Crippen LogP contribution is 2.24. The molecule has 1 heterocycles. The fourth-order valence-electron chi connectivity index (χ4n) is 2.10. The molecule has 18 heavy (non-hydrogen) atoms. The van der Waals surface area contributed by atoms with Crippen molar-refractivity contribution in [3.8, 4) is 0 Å². The topological polar surface area (TPSA) is 75.7 Å². The number of esters is 1. The molecular weight excluding hydrogens is 256 g/mol. The van der Waals surface area contributed by atoms with Gasteiger partial charge in [-0.25, -0.2) is 0 Å². The van der Waals surface area contributed by atoms with Crippen molar-refractivity contribution in [2.24, 2.45) is 5.92 Å². The van der Waals surface area contributed by atoms with Crippen molar-refractivity contribution in [2.75, 3.05) is 19.7 Å². The first kappa shape index (κ1) is 13.8. The van der Waals surface area contributed by atoms with Crippen LogP contribution < -0.4 is 4.72 Å². The molecule has 1 aliphatic heterocycles. The molecular formula is C11H20N2O4S. The molecule has 0 radical (unpaired) electrons. The monoisotopic (exact) mass is 276 g/mol. The van der Waals surface area contributed by atoms with Crippen molar-refractivity contribution < 1.29 is 17.9 Å². The molecule has 0 aromatic carbocycles. The van der Waals surface area contributed by atoms with Crippen LogP contribution in [0.4, 0.5) is 0 Å². The number of rotatable bonds is 5. The number of ether oxygens (including phenoxy) is 1. The molecule has 1 aliphatic carbocycles. The van der Waals surface area contributed by atoms with E-state index >= 15 is 0 Å². The van der Waals surface area contributed by atoms with Gasteiger partial charge in [0.25, 0.3) is 10.2 Å². The fourth-order valence-corrected chi connectivity index (χ4v) is 3.65. The van der Waals surface area contributed by atoms with Crippen molar-refractivity contribution in [1.29, 1.82) is 0 Å². The molecule has 6 nitrogen and oxygen atoms in total. The van der Waals surface area contributed by atoms with Crippen molar-refractivity contribution in [3.63, 3.8) is 0 Å². The highest BCUT2D eigenvalue weighted by Gasteiger charge is 2.36. The van der Waals surface area contributed by atoms with E-state index in [1.807, 2.05) is 0 Å². The largest absolute Gasteiger partial charge is 0.466 e. The maximum Gasteiger partial charge on any atom is 0.310 e. The molecule has 2 fully saturated rings. The predicted octanol–water partition coefficient (Wildman–Crippen LogP) is 0.258. The molecule has 0 spiro atoms. The van der Waals surface area contributed by atoms with Gasteiger partial charge in [0, 0.05) is 19.1 Å². The predicted molar refractivity (Wildman–Crippen MR) is 66.0 cm³/mol. The van der Waals surface area contributed by atoms with Crippen LogP contribution in [0.1, 0.15) is 32.6 Å². The highest BCUT2D eigenvalue weighted by atomic mass is 32.2. The van der Waals surface area contributed by atoms with Crippen LogP contribution >= 0.6 is 0 Å². The highest BCUT2D eigenvalue weighted by molar-refractivity contribution is 7.87. The normalized spacial score (nSPS) is 25.9. The average molecular weight is 276 g/mol. The van der Waals surface area contributed by atoms with Gasteiger partial charge in [-0.3, -0.25) is 4.79 Å². The summed E-state index contributed by atoms with van der Waals surface area (Å²) in [6, 6.07) is 0.0953. The summed E-state index contributed by atoms with van der Waals surface area (Å²) in [5.41, 5.74) is 0. The number of hydrogen-bond acceptors (Lipinski definition) is 4. The van der Waals surface area contributed by atoms with Crippen molar-refractivity contribution in [3.05, 3.63) is 0 Å². The Morgan fingerprint density at radius 2 is 2.11 bits per heavy atom. The van der Waals surface area contributed by atoms with Crippen molar-refractivity contribution in [2.45, 2.75) is 38.6 Å². The van der Waals surface area contributed by atoms with Crippen LogP contribution in [0, 0.1) is 5.92 Å². The molecule has 0 unspecified atom stereocenters. The van der Waals surface area contributed by atoms with E-state index in [0.29, 0.717) is 26.0 Å². The van der Waals surface area contributed by atoms with Gasteiger partial charge < -0.3 is 4.74 Å². The van der Waals surface area contributed by atoms with Crippen LogP contribution in [0.5, 0.6) is 0 Å². The average Bonchev–Trinajstić information content (AvgIpc) is 3.13. The van der Waals surface area contributed by atoms with E-state index < -0.39 is 10.2 Å². The quantitative estimate of drug-likeness (QED) is 0.731. The van der Waals surface area contributed by atoms with Gasteiger partial charge in [0.1, 0.15) is 0 Å². The van der Waals surface area contributed by atoms with Gasteiger partial charge in [0.05, 0.1) is 12.5 Å². The third-order valence-corrected chi connectivity index (χ3v) is 4.88. The zero-order valence-corrected chi connectivity index (χ0v) is 11.4. The standard InChI is InChI=1S/C11H20N2O4S/c1-2-17-11(14)9-4-3-7-13(8-9)18(15,16)12-10-5-6-10/h9-10,12H,2-8H2,1H3/t9-/m0/s1. The number of carbonyl (C=O) groups is 1. The molecule has 2 rings (SSSR count). The molecule has 0 aromatic rings. The van der Waals surface area contributed by atoms with E-state index in [1.54, 1.807) is 6.92 Å². The minimum absolute atomic E-state index is 0.0953.